The van der Waals surface area contributed by atoms with Gasteiger partial charge in [-0.2, -0.15) is 4.31 Å². The zero-order chi connectivity index (χ0) is 16.0. The van der Waals surface area contributed by atoms with Crippen molar-refractivity contribution in [3.63, 3.8) is 0 Å². The van der Waals surface area contributed by atoms with E-state index in [1.807, 2.05) is 0 Å². The average Bonchev–Trinajstić information content (AvgIpc) is 2.54. The minimum atomic E-state index is -3.62. The van der Waals surface area contributed by atoms with Gasteiger partial charge in [0, 0.05) is 13.6 Å². The number of nitrogens with zero attached hydrogens (tertiary/aromatic N) is 1. The third kappa shape index (κ3) is 4.53. The molecule has 7 heteroatoms. The Morgan fingerprint density at radius 3 is 2.73 bits per heavy atom. The van der Waals surface area contributed by atoms with E-state index < -0.39 is 10.0 Å². The number of rotatable bonds is 6. The summed E-state index contributed by atoms with van der Waals surface area (Å²) in [5.41, 5.74) is 0. The summed E-state index contributed by atoms with van der Waals surface area (Å²) < 4.78 is 25.7. The monoisotopic (exact) mass is 325 g/mol. The first-order valence-electron chi connectivity index (χ1n) is 7.49. The van der Waals surface area contributed by atoms with Gasteiger partial charge in [-0.3, -0.25) is 4.79 Å². The van der Waals surface area contributed by atoms with Crippen molar-refractivity contribution >= 4 is 15.9 Å². The van der Waals surface area contributed by atoms with Crippen molar-refractivity contribution in [2.45, 2.75) is 17.7 Å². The van der Waals surface area contributed by atoms with E-state index in [0.717, 1.165) is 30.2 Å². The van der Waals surface area contributed by atoms with Crippen LogP contribution in [0.1, 0.15) is 12.8 Å². The van der Waals surface area contributed by atoms with Gasteiger partial charge in [0.15, 0.2) is 0 Å². The molecular weight excluding hydrogens is 302 g/mol. The Balaban J connectivity index is 1.85. The van der Waals surface area contributed by atoms with Crippen LogP contribution in [-0.2, 0) is 14.8 Å². The van der Waals surface area contributed by atoms with Gasteiger partial charge in [0.25, 0.3) is 0 Å². The first-order chi connectivity index (χ1) is 10.5. The Morgan fingerprint density at radius 2 is 2.09 bits per heavy atom. The van der Waals surface area contributed by atoms with E-state index in [9.17, 15) is 13.2 Å². The number of benzene rings is 1. The molecule has 0 aromatic heterocycles. The Bertz CT molecular complexity index is 583. The fraction of sp³-hybridized carbons (Fsp3) is 0.533. The standard InChI is InChI=1S/C15H23N3O3S/c1-18(22(20,21)14-7-3-2-4-8-14)12-15(19)17-11-13-6-5-9-16-10-13/h2-4,7-8,13,16H,5-6,9-12H2,1H3,(H,17,19). The maximum Gasteiger partial charge on any atom is 0.243 e. The highest BCUT2D eigenvalue weighted by Gasteiger charge is 2.23. The van der Waals surface area contributed by atoms with E-state index in [0.29, 0.717) is 12.5 Å². The summed E-state index contributed by atoms with van der Waals surface area (Å²) in [4.78, 5) is 12.1. The lowest BCUT2D eigenvalue weighted by atomic mass is 10.00. The zero-order valence-electron chi connectivity index (χ0n) is 12.8. The fourth-order valence-electron chi connectivity index (χ4n) is 2.47. The van der Waals surface area contributed by atoms with Crippen LogP contribution in [0, 0.1) is 5.92 Å². The highest BCUT2D eigenvalue weighted by atomic mass is 32.2. The second kappa shape index (κ2) is 7.71. The lowest BCUT2D eigenvalue weighted by molar-refractivity contribution is -0.121. The molecule has 1 saturated heterocycles. The summed E-state index contributed by atoms with van der Waals surface area (Å²) in [6.07, 6.45) is 2.20. The highest BCUT2D eigenvalue weighted by Crippen LogP contribution is 2.13. The fourth-order valence-corrected chi connectivity index (χ4v) is 3.62. The molecule has 1 unspecified atom stereocenters. The first-order valence-corrected chi connectivity index (χ1v) is 8.93. The molecule has 2 rings (SSSR count). The molecule has 122 valence electrons. The maximum absolute atomic E-state index is 12.3. The normalized spacial score (nSPS) is 19.1. The smallest absolute Gasteiger partial charge is 0.243 e. The van der Waals surface area contributed by atoms with E-state index in [1.165, 1.54) is 19.2 Å². The van der Waals surface area contributed by atoms with Crippen LogP contribution in [0.2, 0.25) is 0 Å². The Hall–Kier alpha value is -1.44. The number of likely N-dealkylation sites (N-methyl/N-ethyl adjacent to an activating group) is 1. The van der Waals surface area contributed by atoms with Gasteiger partial charge in [-0.05, 0) is 44.0 Å². The van der Waals surface area contributed by atoms with Gasteiger partial charge in [-0.25, -0.2) is 8.42 Å². The number of carbonyl (C=O) groups excluding carboxylic acids is 1. The molecule has 0 bridgehead atoms. The van der Waals surface area contributed by atoms with E-state index in [-0.39, 0.29) is 17.3 Å². The lowest BCUT2D eigenvalue weighted by Crippen LogP contribution is -2.42. The Labute approximate surface area is 131 Å². The summed E-state index contributed by atoms with van der Waals surface area (Å²) >= 11 is 0. The molecule has 1 atom stereocenters. The summed E-state index contributed by atoms with van der Waals surface area (Å²) in [5, 5.41) is 6.11. The van der Waals surface area contributed by atoms with Crippen LogP contribution in [-0.4, -0.2) is 51.9 Å². The van der Waals surface area contributed by atoms with Gasteiger partial charge in [0.1, 0.15) is 0 Å². The van der Waals surface area contributed by atoms with Crippen LogP contribution in [0.3, 0.4) is 0 Å². The molecule has 1 amide bonds. The molecule has 1 fully saturated rings. The van der Waals surface area contributed by atoms with E-state index in [1.54, 1.807) is 18.2 Å². The lowest BCUT2D eigenvalue weighted by Gasteiger charge is -2.23. The van der Waals surface area contributed by atoms with Crippen LogP contribution in [0.5, 0.6) is 0 Å². The average molecular weight is 325 g/mol. The SMILES string of the molecule is CN(CC(=O)NCC1CCCNC1)S(=O)(=O)c1ccccc1. The molecule has 2 N–H and O–H groups in total. The van der Waals surface area contributed by atoms with Crippen molar-refractivity contribution in [2.75, 3.05) is 33.2 Å². The number of piperidine rings is 1. The van der Waals surface area contributed by atoms with Gasteiger partial charge in [0.2, 0.25) is 15.9 Å². The van der Waals surface area contributed by atoms with Crippen LogP contribution < -0.4 is 10.6 Å². The molecule has 1 aromatic carbocycles. The molecule has 1 aliphatic rings. The molecule has 0 spiro atoms. The number of carbonyl (C=O) groups is 1. The molecular formula is C15H23N3O3S. The topological polar surface area (TPSA) is 78.5 Å². The molecule has 0 saturated carbocycles. The zero-order valence-corrected chi connectivity index (χ0v) is 13.6. The molecule has 0 radical (unpaired) electrons. The van der Waals surface area contributed by atoms with Crippen molar-refractivity contribution in [2.24, 2.45) is 5.92 Å². The van der Waals surface area contributed by atoms with Gasteiger partial charge >= 0.3 is 0 Å². The molecule has 1 aliphatic heterocycles. The van der Waals surface area contributed by atoms with Crippen molar-refractivity contribution in [3.05, 3.63) is 30.3 Å². The third-order valence-corrected chi connectivity index (χ3v) is 5.62. The van der Waals surface area contributed by atoms with Crippen molar-refractivity contribution in [1.29, 1.82) is 0 Å². The minimum absolute atomic E-state index is 0.169. The van der Waals surface area contributed by atoms with Gasteiger partial charge in [0.05, 0.1) is 11.4 Å². The Kier molecular flexibility index (Phi) is 5.93. The quantitative estimate of drug-likeness (QED) is 0.795. The van der Waals surface area contributed by atoms with Crippen molar-refractivity contribution in [3.8, 4) is 0 Å². The number of sulfonamides is 1. The van der Waals surface area contributed by atoms with Gasteiger partial charge in [-0.1, -0.05) is 18.2 Å². The second-order valence-corrected chi connectivity index (χ2v) is 7.64. The van der Waals surface area contributed by atoms with Gasteiger partial charge < -0.3 is 10.6 Å². The number of nitrogens with one attached hydrogen (secondary N) is 2. The van der Waals surface area contributed by atoms with E-state index in [2.05, 4.69) is 10.6 Å². The number of hydrogen-bond donors (Lipinski definition) is 2. The number of hydrogen-bond acceptors (Lipinski definition) is 4. The summed E-state index contributed by atoms with van der Waals surface area (Å²) in [6, 6.07) is 8.13. The van der Waals surface area contributed by atoms with Crippen molar-refractivity contribution in [1.82, 2.24) is 14.9 Å². The van der Waals surface area contributed by atoms with Gasteiger partial charge in [-0.15, -0.1) is 0 Å². The third-order valence-electron chi connectivity index (χ3n) is 3.80. The highest BCUT2D eigenvalue weighted by molar-refractivity contribution is 7.89. The summed E-state index contributed by atoms with van der Waals surface area (Å²) in [7, 11) is -2.20. The first kappa shape index (κ1) is 16.9. The summed E-state index contributed by atoms with van der Waals surface area (Å²) in [5.74, 6) is 0.154. The van der Waals surface area contributed by atoms with E-state index in [4.69, 9.17) is 0 Å². The maximum atomic E-state index is 12.3. The predicted molar refractivity (Wildman–Crippen MR) is 84.9 cm³/mol. The van der Waals surface area contributed by atoms with Crippen molar-refractivity contribution < 1.29 is 13.2 Å². The largest absolute Gasteiger partial charge is 0.355 e. The Morgan fingerprint density at radius 1 is 1.36 bits per heavy atom. The second-order valence-electron chi connectivity index (χ2n) is 5.59. The molecule has 0 aliphatic carbocycles. The van der Waals surface area contributed by atoms with Crippen LogP contribution in [0.25, 0.3) is 0 Å². The van der Waals surface area contributed by atoms with Crippen LogP contribution >= 0.6 is 0 Å². The molecule has 22 heavy (non-hydrogen) atoms. The predicted octanol–water partition coefficient (Wildman–Crippen LogP) is 0.423. The molecule has 1 aromatic rings. The molecule has 1 heterocycles. The summed E-state index contributed by atoms with van der Waals surface area (Å²) in [6.45, 7) is 2.35. The van der Waals surface area contributed by atoms with Crippen LogP contribution in [0.15, 0.2) is 35.2 Å². The minimum Gasteiger partial charge on any atom is -0.355 e. The van der Waals surface area contributed by atoms with Crippen LogP contribution in [0.4, 0.5) is 0 Å². The molecule has 6 nitrogen and oxygen atoms in total. The number of amides is 1. The van der Waals surface area contributed by atoms with E-state index >= 15 is 0 Å².